The number of rotatable bonds is 7. The Hall–Kier alpha value is -4.39. The molecule has 0 saturated carbocycles. The van der Waals surface area contributed by atoms with Crippen LogP contribution in [0.15, 0.2) is 81.8 Å². The monoisotopic (exact) mass is 457 g/mol. The van der Waals surface area contributed by atoms with Crippen LogP contribution in [0.4, 0.5) is 10.1 Å². The number of furan rings is 2. The highest BCUT2D eigenvalue weighted by atomic mass is 19.1. The van der Waals surface area contributed by atoms with E-state index in [0.29, 0.717) is 51.1 Å². The fourth-order valence-corrected chi connectivity index (χ4v) is 3.88. The smallest absolute Gasteiger partial charge is 0.230 e. The van der Waals surface area contributed by atoms with Gasteiger partial charge in [-0.1, -0.05) is 12.1 Å². The Morgan fingerprint density at radius 2 is 1.76 bits per heavy atom. The van der Waals surface area contributed by atoms with Gasteiger partial charge in [-0.2, -0.15) is 0 Å². The minimum atomic E-state index is -0.417. The molecular weight excluding hydrogens is 437 g/mol. The van der Waals surface area contributed by atoms with Gasteiger partial charge in [-0.05, 0) is 61.5 Å². The zero-order chi connectivity index (χ0) is 23.7. The molecule has 2 heterocycles. The molecule has 5 aromatic rings. The summed E-state index contributed by atoms with van der Waals surface area (Å²) in [7, 11) is 0. The second kappa shape index (κ2) is 8.86. The Balaban J connectivity index is 1.46. The first kappa shape index (κ1) is 21.5. The van der Waals surface area contributed by atoms with Crippen molar-refractivity contribution in [3.63, 3.8) is 0 Å². The lowest BCUT2D eigenvalue weighted by molar-refractivity contribution is -0.115. The van der Waals surface area contributed by atoms with Crippen molar-refractivity contribution in [2.24, 2.45) is 0 Å². The lowest BCUT2D eigenvalue weighted by Crippen LogP contribution is -2.16. The number of carbonyl (C=O) groups is 2. The second-order valence-electron chi connectivity index (χ2n) is 7.72. The second-order valence-corrected chi connectivity index (χ2v) is 7.72. The van der Waals surface area contributed by atoms with E-state index < -0.39 is 5.82 Å². The van der Waals surface area contributed by atoms with Crippen molar-refractivity contribution in [2.75, 3.05) is 11.9 Å². The average Bonchev–Trinajstić information content (AvgIpc) is 3.40. The number of benzene rings is 3. The Morgan fingerprint density at radius 3 is 2.56 bits per heavy atom. The van der Waals surface area contributed by atoms with Gasteiger partial charge in [-0.3, -0.25) is 9.59 Å². The summed E-state index contributed by atoms with van der Waals surface area (Å²) in [5.41, 5.74) is 2.19. The van der Waals surface area contributed by atoms with Crippen LogP contribution in [0.5, 0.6) is 5.75 Å². The Bertz CT molecular complexity index is 1510. The number of fused-ring (bicyclic) bond motifs is 2. The number of ether oxygens (including phenoxy) is 1. The van der Waals surface area contributed by atoms with Crippen molar-refractivity contribution in [2.45, 2.75) is 13.3 Å². The molecule has 0 fully saturated rings. The van der Waals surface area contributed by atoms with Crippen LogP contribution in [-0.2, 0) is 11.2 Å². The third-order valence-electron chi connectivity index (χ3n) is 5.46. The standard InChI is InChI=1S/C27H20FNO5/c1-2-32-19-10-7-16(8-11-19)26(31)27-25(20-5-3-4-6-23(20)34-27)29-24(30)13-17-15-33-22-12-9-18(28)14-21(17)22/h3-12,14-15H,2,13H2,1H3,(H,29,30). The molecule has 0 spiro atoms. The number of amides is 1. The van der Waals surface area contributed by atoms with Gasteiger partial charge in [0.15, 0.2) is 5.76 Å². The molecule has 0 aliphatic carbocycles. The zero-order valence-corrected chi connectivity index (χ0v) is 18.3. The van der Waals surface area contributed by atoms with Gasteiger partial charge in [0.1, 0.15) is 22.7 Å². The quantitative estimate of drug-likeness (QED) is 0.297. The third kappa shape index (κ3) is 4.03. The fraction of sp³-hybridized carbons (Fsp3) is 0.111. The highest BCUT2D eigenvalue weighted by molar-refractivity contribution is 6.17. The summed E-state index contributed by atoms with van der Waals surface area (Å²) in [6.45, 7) is 2.40. The van der Waals surface area contributed by atoms with Crippen molar-refractivity contribution in [1.82, 2.24) is 0 Å². The first-order valence-electron chi connectivity index (χ1n) is 10.8. The van der Waals surface area contributed by atoms with E-state index in [-0.39, 0.29) is 23.9 Å². The molecule has 5 rings (SSSR count). The summed E-state index contributed by atoms with van der Waals surface area (Å²) in [4.78, 5) is 26.2. The highest BCUT2D eigenvalue weighted by Crippen LogP contribution is 2.33. The predicted octanol–water partition coefficient (Wildman–Crippen LogP) is 6.13. The minimum absolute atomic E-state index is 0.0295. The van der Waals surface area contributed by atoms with Gasteiger partial charge in [0.25, 0.3) is 0 Å². The molecule has 0 atom stereocenters. The van der Waals surface area contributed by atoms with Crippen molar-refractivity contribution in [1.29, 1.82) is 0 Å². The number of anilines is 1. The zero-order valence-electron chi connectivity index (χ0n) is 18.3. The molecule has 2 aromatic heterocycles. The van der Waals surface area contributed by atoms with Gasteiger partial charge < -0.3 is 18.9 Å². The summed E-state index contributed by atoms with van der Waals surface area (Å²) in [5, 5.41) is 3.95. The summed E-state index contributed by atoms with van der Waals surface area (Å²) >= 11 is 0. The van der Waals surface area contributed by atoms with Crippen molar-refractivity contribution in [3.05, 3.63) is 95.7 Å². The molecule has 170 valence electrons. The number of nitrogens with one attached hydrogen (secondary N) is 1. The van der Waals surface area contributed by atoms with Crippen LogP contribution in [-0.4, -0.2) is 18.3 Å². The molecule has 0 saturated heterocycles. The number of hydrogen-bond donors (Lipinski definition) is 1. The molecule has 0 radical (unpaired) electrons. The van der Waals surface area contributed by atoms with Gasteiger partial charge in [0, 0.05) is 21.9 Å². The highest BCUT2D eigenvalue weighted by Gasteiger charge is 2.24. The van der Waals surface area contributed by atoms with Crippen molar-refractivity contribution < 1.29 is 27.6 Å². The molecule has 1 N–H and O–H groups in total. The Kier molecular flexibility index (Phi) is 5.59. The van der Waals surface area contributed by atoms with Crippen molar-refractivity contribution in [3.8, 4) is 5.75 Å². The number of para-hydroxylation sites is 1. The van der Waals surface area contributed by atoms with Crippen LogP contribution in [0.2, 0.25) is 0 Å². The van der Waals surface area contributed by atoms with E-state index in [1.54, 1.807) is 48.5 Å². The normalized spacial score (nSPS) is 11.1. The maximum Gasteiger partial charge on any atom is 0.230 e. The maximum absolute atomic E-state index is 13.7. The molecule has 3 aromatic carbocycles. The van der Waals surface area contributed by atoms with Crippen LogP contribution in [0.3, 0.4) is 0 Å². The number of halogens is 1. The third-order valence-corrected chi connectivity index (χ3v) is 5.46. The van der Waals surface area contributed by atoms with Gasteiger partial charge in [-0.25, -0.2) is 4.39 Å². The minimum Gasteiger partial charge on any atom is -0.494 e. The molecule has 0 aliphatic heterocycles. The number of ketones is 1. The van der Waals surface area contributed by atoms with Gasteiger partial charge in [-0.15, -0.1) is 0 Å². The molecular formula is C27H20FNO5. The van der Waals surface area contributed by atoms with E-state index in [4.69, 9.17) is 13.6 Å². The number of carbonyl (C=O) groups excluding carboxylic acids is 2. The van der Waals surface area contributed by atoms with Crippen LogP contribution in [0.1, 0.15) is 28.6 Å². The van der Waals surface area contributed by atoms with Crippen LogP contribution < -0.4 is 10.1 Å². The lowest BCUT2D eigenvalue weighted by Gasteiger charge is -2.07. The molecule has 6 nitrogen and oxygen atoms in total. The van der Waals surface area contributed by atoms with E-state index in [1.165, 1.54) is 24.5 Å². The first-order valence-corrected chi connectivity index (χ1v) is 10.8. The van der Waals surface area contributed by atoms with E-state index in [9.17, 15) is 14.0 Å². The summed E-state index contributed by atoms with van der Waals surface area (Å²) in [6.07, 6.45) is 1.37. The van der Waals surface area contributed by atoms with Gasteiger partial charge in [0.2, 0.25) is 11.7 Å². The lowest BCUT2D eigenvalue weighted by atomic mass is 10.1. The average molecular weight is 457 g/mol. The summed E-state index contributed by atoms with van der Waals surface area (Å²) in [6, 6.07) is 17.9. The molecule has 1 amide bonds. The molecule has 7 heteroatoms. The predicted molar refractivity (Wildman–Crippen MR) is 126 cm³/mol. The van der Waals surface area contributed by atoms with E-state index in [1.807, 2.05) is 6.92 Å². The number of hydrogen-bond acceptors (Lipinski definition) is 5. The van der Waals surface area contributed by atoms with Crippen LogP contribution in [0, 0.1) is 5.82 Å². The molecule has 34 heavy (non-hydrogen) atoms. The fourth-order valence-electron chi connectivity index (χ4n) is 3.88. The molecule has 0 unspecified atom stereocenters. The van der Waals surface area contributed by atoms with Gasteiger partial charge >= 0.3 is 0 Å². The van der Waals surface area contributed by atoms with Gasteiger partial charge in [0.05, 0.1) is 25.0 Å². The summed E-state index contributed by atoms with van der Waals surface area (Å²) in [5.74, 6) is -0.493. The van der Waals surface area contributed by atoms with E-state index >= 15 is 0 Å². The topological polar surface area (TPSA) is 81.7 Å². The Morgan fingerprint density at radius 1 is 0.971 bits per heavy atom. The first-order chi connectivity index (χ1) is 16.5. The van der Waals surface area contributed by atoms with E-state index in [2.05, 4.69) is 5.32 Å². The van der Waals surface area contributed by atoms with Crippen LogP contribution in [0.25, 0.3) is 21.9 Å². The summed E-state index contributed by atoms with van der Waals surface area (Å²) < 4.78 is 30.4. The van der Waals surface area contributed by atoms with Crippen LogP contribution >= 0.6 is 0 Å². The molecule has 0 aliphatic rings. The maximum atomic E-state index is 13.7. The Labute approximate surface area is 193 Å². The largest absolute Gasteiger partial charge is 0.494 e. The molecule has 0 bridgehead atoms. The van der Waals surface area contributed by atoms with Crippen molar-refractivity contribution >= 4 is 39.3 Å². The van der Waals surface area contributed by atoms with E-state index in [0.717, 1.165) is 0 Å². The SMILES string of the molecule is CCOc1ccc(C(=O)c2oc3ccccc3c2NC(=O)Cc2coc3ccc(F)cc23)cc1.